The summed E-state index contributed by atoms with van der Waals surface area (Å²) in [7, 11) is 1.61. The van der Waals surface area contributed by atoms with E-state index < -0.39 is 5.82 Å². The maximum atomic E-state index is 13.5. The zero-order valence-corrected chi connectivity index (χ0v) is 10.1. The number of likely N-dealkylation sites (N-methyl/N-ethyl adjacent to an activating group) is 1. The minimum atomic E-state index is -0.599. The molecule has 1 amide bonds. The van der Waals surface area contributed by atoms with Gasteiger partial charge in [-0.15, -0.1) is 0 Å². The fourth-order valence-corrected chi connectivity index (χ4v) is 1.36. The molecule has 2 N–H and O–H groups in total. The van der Waals surface area contributed by atoms with Crippen LogP contribution in [0.3, 0.4) is 0 Å². The summed E-state index contributed by atoms with van der Waals surface area (Å²) in [6, 6.07) is 4.04. The molecule has 1 aromatic carbocycles. The summed E-state index contributed by atoms with van der Waals surface area (Å²) < 4.78 is 18.6. The first-order chi connectivity index (χ1) is 8.06. The fourth-order valence-electron chi connectivity index (χ4n) is 1.36. The van der Waals surface area contributed by atoms with E-state index in [1.807, 2.05) is 6.92 Å². The summed E-state index contributed by atoms with van der Waals surface area (Å²) in [6.45, 7) is 3.34. The fraction of sp³-hybridized carbons (Fsp3) is 0.417. The van der Waals surface area contributed by atoms with Gasteiger partial charge in [0, 0.05) is 25.9 Å². The van der Waals surface area contributed by atoms with Gasteiger partial charge in [0.15, 0.2) is 0 Å². The molecule has 0 saturated carbocycles. The second kappa shape index (κ2) is 6.20. The van der Waals surface area contributed by atoms with Crippen LogP contribution in [0.2, 0.25) is 0 Å². The highest BCUT2D eigenvalue weighted by atomic mass is 19.1. The molecule has 0 aromatic heterocycles. The van der Waals surface area contributed by atoms with Crippen LogP contribution in [0.5, 0.6) is 0 Å². The van der Waals surface area contributed by atoms with Crippen LogP contribution in [0.15, 0.2) is 18.2 Å². The second-order valence-electron chi connectivity index (χ2n) is 3.66. The van der Waals surface area contributed by atoms with Crippen LogP contribution in [0, 0.1) is 5.82 Å². The van der Waals surface area contributed by atoms with E-state index in [-0.39, 0.29) is 11.5 Å². The van der Waals surface area contributed by atoms with Crippen molar-refractivity contribution in [2.45, 2.75) is 6.92 Å². The van der Waals surface area contributed by atoms with Crippen molar-refractivity contribution in [3.05, 3.63) is 29.6 Å². The monoisotopic (exact) mass is 240 g/mol. The SMILES string of the molecule is CCOCCN(C)C(=O)c1ccc(N)cc1F. The molecular weight excluding hydrogens is 223 g/mol. The summed E-state index contributed by atoms with van der Waals surface area (Å²) in [4.78, 5) is 13.3. The van der Waals surface area contributed by atoms with E-state index in [1.165, 1.54) is 17.0 Å². The number of hydrogen-bond acceptors (Lipinski definition) is 3. The average molecular weight is 240 g/mol. The van der Waals surface area contributed by atoms with Crippen LogP contribution in [-0.4, -0.2) is 37.6 Å². The van der Waals surface area contributed by atoms with Crippen molar-refractivity contribution in [2.24, 2.45) is 0 Å². The van der Waals surface area contributed by atoms with Crippen molar-refractivity contribution >= 4 is 11.6 Å². The molecule has 17 heavy (non-hydrogen) atoms. The Morgan fingerprint density at radius 1 is 1.53 bits per heavy atom. The summed E-state index contributed by atoms with van der Waals surface area (Å²) >= 11 is 0. The van der Waals surface area contributed by atoms with E-state index in [1.54, 1.807) is 7.05 Å². The molecular formula is C12H17FN2O2. The van der Waals surface area contributed by atoms with Crippen LogP contribution in [0.4, 0.5) is 10.1 Å². The number of amides is 1. The van der Waals surface area contributed by atoms with Crippen LogP contribution >= 0.6 is 0 Å². The van der Waals surface area contributed by atoms with Gasteiger partial charge in [-0.05, 0) is 25.1 Å². The minimum Gasteiger partial charge on any atom is -0.399 e. The maximum absolute atomic E-state index is 13.5. The zero-order chi connectivity index (χ0) is 12.8. The number of benzene rings is 1. The van der Waals surface area contributed by atoms with Crippen molar-refractivity contribution in [3.63, 3.8) is 0 Å². The van der Waals surface area contributed by atoms with Gasteiger partial charge in [-0.1, -0.05) is 0 Å². The predicted octanol–water partition coefficient (Wildman–Crippen LogP) is 1.52. The standard InChI is InChI=1S/C12H17FN2O2/c1-3-17-7-6-15(2)12(16)10-5-4-9(14)8-11(10)13/h4-5,8H,3,6-7,14H2,1-2H3. The molecule has 0 heterocycles. The smallest absolute Gasteiger partial charge is 0.256 e. The molecule has 0 unspecified atom stereocenters. The van der Waals surface area contributed by atoms with Gasteiger partial charge >= 0.3 is 0 Å². The number of nitrogens with two attached hydrogens (primary N) is 1. The molecule has 4 nitrogen and oxygen atoms in total. The van der Waals surface area contributed by atoms with Crippen LogP contribution in [0.1, 0.15) is 17.3 Å². The van der Waals surface area contributed by atoms with Crippen molar-refractivity contribution < 1.29 is 13.9 Å². The Morgan fingerprint density at radius 2 is 2.24 bits per heavy atom. The quantitative estimate of drug-likeness (QED) is 0.627. The van der Waals surface area contributed by atoms with Gasteiger partial charge in [0.25, 0.3) is 5.91 Å². The molecule has 1 aromatic rings. The Balaban J connectivity index is 2.68. The number of carbonyl (C=O) groups is 1. The van der Waals surface area contributed by atoms with Gasteiger partial charge < -0.3 is 15.4 Å². The van der Waals surface area contributed by atoms with E-state index in [9.17, 15) is 9.18 Å². The molecule has 0 radical (unpaired) electrons. The third-order valence-electron chi connectivity index (χ3n) is 2.35. The van der Waals surface area contributed by atoms with E-state index >= 15 is 0 Å². The average Bonchev–Trinajstić information content (AvgIpc) is 2.28. The lowest BCUT2D eigenvalue weighted by molar-refractivity contribution is 0.0705. The predicted molar refractivity (Wildman–Crippen MR) is 64.3 cm³/mol. The molecule has 5 heteroatoms. The highest BCUT2D eigenvalue weighted by Gasteiger charge is 2.15. The van der Waals surface area contributed by atoms with Crippen molar-refractivity contribution in [3.8, 4) is 0 Å². The summed E-state index contributed by atoms with van der Waals surface area (Å²) in [6.07, 6.45) is 0. The first-order valence-corrected chi connectivity index (χ1v) is 5.44. The number of anilines is 1. The van der Waals surface area contributed by atoms with Crippen molar-refractivity contribution in [1.29, 1.82) is 0 Å². The Bertz CT molecular complexity index is 396. The first kappa shape index (κ1) is 13.4. The number of ether oxygens (including phenoxy) is 1. The second-order valence-corrected chi connectivity index (χ2v) is 3.66. The lowest BCUT2D eigenvalue weighted by Crippen LogP contribution is -2.30. The summed E-state index contributed by atoms with van der Waals surface area (Å²) in [5.74, 6) is -0.972. The Labute approximate surface area is 100 Å². The topological polar surface area (TPSA) is 55.6 Å². The number of nitrogens with zero attached hydrogens (tertiary/aromatic N) is 1. The Morgan fingerprint density at radius 3 is 2.82 bits per heavy atom. The lowest BCUT2D eigenvalue weighted by Gasteiger charge is -2.17. The van der Waals surface area contributed by atoms with Crippen LogP contribution in [0.25, 0.3) is 0 Å². The number of rotatable bonds is 5. The number of halogens is 1. The Kier molecular flexibility index (Phi) is 4.90. The van der Waals surface area contributed by atoms with Gasteiger partial charge in [-0.2, -0.15) is 0 Å². The van der Waals surface area contributed by atoms with Crippen LogP contribution in [-0.2, 0) is 4.74 Å². The third kappa shape index (κ3) is 3.71. The molecule has 94 valence electrons. The number of carbonyl (C=O) groups excluding carboxylic acids is 1. The molecule has 0 saturated heterocycles. The van der Waals surface area contributed by atoms with Gasteiger partial charge in [-0.3, -0.25) is 4.79 Å². The molecule has 1 rings (SSSR count). The number of nitrogen functional groups attached to an aromatic ring is 1. The van der Waals surface area contributed by atoms with Gasteiger partial charge in [-0.25, -0.2) is 4.39 Å². The van der Waals surface area contributed by atoms with E-state index in [4.69, 9.17) is 10.5 Å². The highest BCUT2D eigenvalue weighted by molar-refractivity contribution is 5.94. The minimum absolute atomic E-state index is 0.0261. The largest absolute Gasteiger partial charge is 0.399 e. The molecule has 0 aliphatic heterocycles. The molecule has 0 atom stereocenters. The Hall–Kier alpha value is -1.62. The van der Waals surface area contributed by atoms with E-state index in [0.717, 1.165) is 6.07 Å². The maximum Gasteiger partial charge on any atom is 0.256 e. The van der Waals surface area contributed by atoms with Crippen LogP contribution < -0.4 is 5.73 Å². The molecule has 0 aliphatic rings. The summed E-state index contributed by atoms with van der Waals surface area (Å²) in [5, 5.41) is 0. The van der Waals surface area contributed by atoms with Gasteiger partial charge in [0.2, 0.25) is 0 Å². The molecule has 0 fully saturated rings. The lowest BCUT2D eigenvalue weighted by atomic mass is 10.1. The first-order valence-electron chi connectivity index (χ1n) is 5.44. The summed E-state index contributed by atoms with van der Waals surface area (Å²) in [5.41, 5.74) is 5.75. The molecule has 0 aliphatic carbocycles. The van der Waals surface area contributed by atoms with E-state index in [2.05, 4.69) is 0 Å². The van der Waals surface area contributed by atoms with E-state index in [0.29, 0.717) is 25.4 Å². The molecule has 0 bridgehead atoms. The van der Waals surface area contributed by atoms with Crippen molar-refractivity contribution in [2.75, 3.05) is 32.5 Å². The number of hydrogen-bond donors (Lipinski definition) is 1. The van der Waals surface area contributed by atoms with Gasteiger partial charge in [0.05, 0.1) is 12.2 Å². The zero-order valence-electron chi connectivity index (χ0n) is 10.1. The van der Waals surface area contributed by atoms with Gasteiger partial charge in [0.1, 0.15) is 5.82 Å². The highest BCUT2D eigenvalue weighted by Crippen LogP contribution is 2.13. The third-order valence-corrected chi connectivity index (χ3v) is 2.35. The normalized spacial score (nSPS) is 10.3. The molecule has 0 spiro atoms. The van der Waals surface area contributed by atoms with Crippen molar-refractivity contribution in [1.82, 2.24) is 4.90 Å².